The van der Waals surface area contributed by atoms with Crippen LogP contribution in [-0.2, 0) is 9.53 Å². The van der Waals surface area contributed by atoms with E-state index in [-0.39, 0.29) is 11.6 Å². The molecule has 0 aromatic rings. The molecule has 0 aromatic heterocycles. The molecule has 0 spiro atoms. The van der Waals surface area contributed by atoms with E-state index in [4.69, 9.17) is 4.74 Å². The number of hydrogen-bond donors (Lipinski definition) is 0. The Labute approximate surface area is 73.3 Å². The number of carbonyl (C=O) groups is 1. The van der Waals surface area contributed by atoms with Crippen LogP contribution < -0.4 is 0 Å². The van der Waals surface area contributed by atoms with Gasteiger partial charge in [-0.3, -0.25) is 4.79 Å². The van der Waals surface area contributed by atoms with Crippen molar-refractivity contribution in [3.05, 3.63) is 0 Å². The van der Waals surface area contributed by atoms with Gasteiger partial charge in [0.15, 0.2) is 0 Å². The van der Waals surface area contributed by atoms with Crippen LogP contribution in [0.2, 0.25) is 0 Å². The Morgan fingerprint density at radius 2 is 2.00 bits per heavy atom. The highest BCUT2D eigenvalue weighted by atomic mass is 16.6. The van der Waals surface area contributed by atoms with Gasteiger partial charge in [0.1, 0.15) is 5.60 Å². The number of fused-ring (bicyclic) bond motifs is 1. The normalized spacial score (nSPS) is 44.8. The van der Waals surface area contributed by atoms with Crippen LogP contribution in [0, 0.1) is 5.41 Å². The third-order valence-electron chi connectivity index (χ3n) is 3.55. The minimum atomic E-state index is -0.111. The fourth-order valence-corrected chi connectivity index (χ4v) is 2.70. The summed E-state index contributed by atoms with van der Waals surface area (Å²) < 4.78 is 5.42. The van der Waals surface area contributed by atoms with E-state index in [9.17, 15) is 4.79 Å². The quantitative estimate of drug-likeness (QED) is 0.561. The molecule has 0 bridgehead atoms. The van der Waals surface area contributed by atoms with Crippen molar-refractivity contribution in [3.8, 4) is 0 Å². The number of ether oxygens (including phenoxy) is 1. The third-order valence-corrected chi connectivity index (χ3v) is 3.55. The zero-order valence-electron chi connectivity index (χ0n) is 7.85. The van der Waals surface area contributed by atoms with Gasteiger partial charge < -0.3 is 4.74 Å². The van der Waals surface area contributed by atoms with Gasteiger partial charge in [0.2, 0.25) is 0 Å². The molecule has 0 unspecified atom stereocenters. The van der Waals surface area contributed by atoms with E-state index in [2.05, 4.69) is 6.92 Å². The largest absolute Gasteiger partial charge is 0.459 e. The Balaban J connectivity index is 2.08. The van der Waals surface area contributed by atoms with E-state index >= 15 is 0 Å². The van der Waals surface area contributed by atoms with Crippen molar-refractivity contribution in [1.29, 1.82) is 0 Å². The second kappa shape index (κ2) is 2.24. The third kappa shape index (κ3) is 0.970. The Kier molecular flexibility index (Phi) is 1.51. The maximum atomic E-state index is 10.9. The van der Waals surface area contributed by atoms with Crippen LogP contribution >= 0.6 is 0 Å². The smallest absolute Gasteiger partial charge is 0.303 e. The lowest BCUT2D eigenvalue weighted by molar-refractivity contribution is -0.152. The summed E-state index contributed by atoms with van der Waals surface area (Å²) in [5, 5.41) is 0. The van der Waals surface area contributed by atoms with Gasteiger partial charge in [0.05, 0.1) is 0 Å². The molecule has 2 fully saturated rings. The number of rotatable bonds is 1. The van der Waals surface area contributed by atoms with Gasteiger partial charge in [-0.2, -0.15) is 0 Å². The Bertz CT molecular complexity index is 220. The molecule has 68 valence electrons. The van der Waals surface area contributed by atoms with Crippen molar-refractivity contribution in [3.63, 3.8) is 0 Å². The van der Waals surface area contributed by atoms with E-state index < -0.39 is 0 Å². The summed E-state index contributed by atoms with van der Waals surface area (Å²) >= 11 is 0. The molecule has 2 atom stereocenters. The van der Waals surface area contributed by atoms with Crippen molar-refractivity contribution in [1.82, 2.24) is 0 Å². The molecule has 0 amide bonds. The summed E-state index contributed by atoms with van der Waals surface area (Å²) in [6.07, 6.45) is 5.95. The number of hydrogen-bond acceptors (Lipinski definition) is 2. The van der Waals surface area contributed by atoms with Crippen molar-refractivity contribution in [2.75, 3.05) is 0 Å². The van der Waals surface area contributed by atoms with Gasteiger partial charge in [-0.15, -0.1) is 0 Å². The van der Waals surface area contributed by atoms with Crippen LogP contribution in [0.1, 0.15) is 46.0 Å². The van der Waals surface area contributed by atoms with Crippen molar-refractivity contribution in [2.24, 2.45) is 5.41 Å². The standard InChI is InChI=1S/C10H16O2/c1-8(11)12-10-6-4-3-5-9(10,2)7-10/h3-7H2,1-2H3/t9-,10-/m0/s1. The van der Waals surface area contributed by atoms with Crippen LogP contribution in [0.4, 0.5) is 0 Å². The molecule has 0 aliphatic heterocycles. The molecule has 2 heteroatoms. The minimum absolute atomic E-state index is 0.0446. The number of esters is 1. The minimum Gasteiger partial charge on any atom is -0.459 e. The van der Waals surface area contributed by atoms with Crippen molar-refractivity contribution < 1.29 is 9.53 Å². The van der Waals surface area contributed by atoms with Crippen LogP contribution in [0.25, 0.3) is 0 Å². The predicted octanol–water partition coefficient (Wildman–Crippen LogP) is 2.27. The lowest BCUT2D eigenvalue weighted by Crippen LogP contribution is -2.27. The van der Waals surface area contributed by atoms with Crippen molar-refractivity contribution in [2.45, 2.75) is 51.6 Å². The average Bonchev–Trinajstić information content (AvgIpc) is 2.53. The molecule has 2 rings (SSSR count). The fourth-order valence-electron chi connectivity index (χ4n) is 2.70. The summed E-state index contributed by atoms with van der Waals surface area (Å²) in [6.45, 7) is 3.76. The summed E-state index contributed by atoms with van der Waals surface area (Å²) in [5.41, 5.74) is 0.286. The molecule has 0 saturated heterocycles. The maximum Gasteiger partial charge on any atom is 0.303 e. The van der Waals surface area contributed by atoms with E-state index in [1.165, 1.54) is 26.2 Å². The van der Waals surface area contributed by atoms with Crippen LogP contribution in [0.5, 0.6) is 0 Å². The molecule has 0 heterocycles. The lowest BCUT2D eigenvalue weighted by Gasteiger charge is -2.27. The van der Waals surface area contributed by atoms with Gasteiger partial charge in [-0.25, -0.2) is 0 Å². The second-order valence-electron chi connectivity index (χ2n) is 4.53. The average molecular weight is 168 g/mol. The molecule has 12 heavy (non-hydrogen) atoms. The summed E-state index contributed by atoms with van der Waals surface area (Å²) in [7, 11) is 0. The highest BCUT2D eigenvalue weighted by Crippen LogP contribution is 2.66. The monoisotopic (exact) mass is 168 g/mol. The van der Waals surface area contributed by atoms with Gasteiger partial charge >= 0.3 is 5.97 Å². The molecule has 0 radical (unpaired) electrons. The fraction of sp³-hybridized carbons (Fsp3) is 0.900. The molecule has 2 saturated carbocycles. The molecule has 2 aliphatic carbocycles. The van der Waals surface area contributed by atoms with E-state index in [1.807, 2.05) is 0 Å². The molecule has 0 aromatic carbocycles. The van der Waals surface area contributed by atoms with Gasteiger partial charge in [-0.1, -0.05) is 13.3 Å². The van der Waals surface area contributed by atoms with E-state index in [0.29, 0.717) is 5.41 Å². The first-order valence-electron chi connectivity index (χ1n) is 4.78. The molecular weight excluding hydrogens is 152 g/mol. The van der Waals surface area contributed by atoms with E-state index in [0.717, 1.165) is 12.8 Å². The molecule has 2 aliphatic rings. The van der Waals surface area contributed by atoms with Crippen LogP contribution in [0.15, 0.2) is 0 Å². The van der Waals surface area contributed by atoms with E-state index in [1.54, 1.807) is 0 Å². The lowest BCUT2D eigenvalue weighted by atomic mass is 9.88. The first-order chi connectivity index (χ1) is 5.58. The van der Waals surface area contributed by atoms with Gasteiger partial charge in [0, 0.05) is 12.3 Å². The number of carbonyl (C=O) groups excluding carboxylic acids is 1. The summed E-state index contributed by atoms with van der Waals surface area (Å²) in [5.74, 6) is -0.111. The zero-order chi connectivity index (χ0) is 8.82. The van der Waals surface area contributed by atoms with Crippen molar-refractivity contribution >= 4 is 5.97 Å². The first kappa shape index (κ1) is 8.09. The maximum absolute atomic E-state index is 10.9. The Morgan fingerprint density at radius 3 is 2.58 bits per heavy atom. The summed E-state index contributed by atoms with van der Waals surface area (Å²) in [6, 6.07) is 0. The van der Waals surface area contributed by atoms with Crippen LogP contribution in [0.3, 0.4) is 0 Å². The SMILES string of the molecule is CC(=O)O[C@]12CCCC[C@@]1(C)C2. The first-order valence-corrected chi connectivity index (χ1v) is 4.78. The highest BCUT2D eigenvalue weighted by Gasteiger charge is 2.67. The Hall–Kier alpha value is -0.530. The van der Waals surface area contributed by atoms with Gasteiger partial charge in [-0.05, 0) is 25.7 Å². The van der Waals surface area contributed by atoms with Gasteiger partial charge in [0.25, 0.3) is 0 Å². The molecular formula is C10H16O2. The Morgan fingerprint density at radius 1 is 1.33 bits per heavy atom. The topological polar surface area (TPSA) is 26.3 Å². The highest BCUT2D eigenvalue weighted by molar-refractivity contribution is 5.67. The molecule has 0 N–H and O–H groups in total. The zero-order valence-corrected chi connectivity index (χ0v) is 7.85. The predicted molar refractivity (Wildman–Crippen MR) is 45.7 cm³/mol. The summed E-state index contributed by atoms with van der Waals surface area (Å²) in [4.78, 5) is 10.9. The second-order valence-corrected chi connectivity index (χ2v) is 4.53. The van der Waals surface area contributed by atoms with Crippen LogP contribution in [-0.4, -0.2) is 11.6 Å². The molecule has 2 nitrogen and oxygen atoms in total.